The van der Waals surface area contributed by atoms with Crippen molar-refractivity contribution in [3.05, 3.63) is 24.3 Å². The van der Waals surface area contributed by atoms with Crippen LogP contribution in [0.2, 0.25) is 0 Å². The number of likely N-dealkylation sites (N-methyl/N-ethyl adjacent to an activating group) is 1. The summed E-state index contributed by atoms with van der Waals surface area (Å²) in [6.07, 6.45) is 4.46. The smallest absolute Gasteiger partial charge is 0.194 e. The molecule has 0 unspecified atom stereocenters. The van der Waals surface area contributed by atoms with E-state index in [-0.39, 0.29) is 24.0 Å². The molecule has 7 nitrogen and oxygen atoms in total. The topological polar surface area (TPSA) is 67.6 Å². The van der Waals surface area contributed by atoms with Crippen LogP contribution in [-0.2, 0) is 18.3 Å². The molecule has 1 fully saturated rings. The van der Waals surface area contributed by atoms with Gasteiger partial charge >= 0.3 is 0 Å². The molecule has 1 aliphatic carbocycles. The van der Waals surface area contributed by atoms with Crippen molar-refractivity contribution in [2.24, 2.45) is 18.0 Å². The summed E-state index contributed by atoms with van der Waals surface area (Å²) >= 11 is 0. The molecule has 0 amide bonds. The summed E-state index contributed by atoms with van der Waals surface area (Å²) in [4.78, 5) is 6.71. The highest BCUT2D eigenvalue weighted by Gasteiger charge is 2.21. The first-order valence-electron chi connectivity index (χ1n) is 8.14. The summed E-state index contributed by atoms with van der Waals surface area (Å²) in [7, 11) is 3.96. The zero-order valence-corrected chi connectivity index (χ0v) is 17.2. The van der Waals surface area contributed by atoms with Crippen molar-refractivity contribution in [2.45, 2.75) is 26.3 Å². The quantitative estimate of drug-likeness (QED) is 0.205. The Labute approximate surface area is 161 Å². The lowest BCUT2D eigenvalue weighted by molar-refractivity contribution is 0.115. The van der Waals surface area contributed by atoms with Gasteiger partial charge in [0.1, 0.15) is 12.4 Å². The van der Waals surface area contributed by atoms with Gasteiger partial charge in [0.05, 0.1) is 6.61 Å². The third-order valence-corrected chi connectivity index (χ3v) is 3.94. The first-order chi connectivity index (χ1) is 11.1. The zero-order valence-electron chi connectivity index (χ0n) is 14.9. The average Bonchev–Trinajstić information content (AvgIpc) is 3.32. The van der Waals surface area contributed by atoms with Gasteiger partial charge in [-0.15, -0.1) is 40.8 Å². The Hall–Kier alpha value is -1.16. The van der Waals surface area contributed by atoms with E-state index < -0.39 is 0 Å². The Bertz CT molecular complexity index is 541. The lowest BCUT2D eigenvalue weighted by Gasteiger charge is -2.22. The van der Waals surface area contributed by atoms with Crippen LogP contribution >= 0.6 is 24.0 Å². The number of nitrogens with one attached hydrogen (secondary N) is 1. The number of guanidine groups is 1. The van der Waals surface area contributed by atoms with Gasteiger partial charge in [-0.05, 0) is 25.7 Å². The van der Waals surface area contributed by atoms with Crippen molar-refractivity contribution in [1.29, 1.82) is 0 Å². The molecular formula is C16H29IN6O. The van der Waals surface area contributed by atoms with Crippen LogP contribution in [0.5, 0.6) is 0 Å². The molecule has 0 bridgehead atoms. The van der Waals surface area contributed by atoms with Crippen molar-refractivity contribution in [2.75, 3.05) is 33.4 Å². The summed E-state index contributed by atoms with van der Waals surface area (Å²) in [5.74, 6) is 3.35. The van der Waals surface area contributed by atoms with E-state index in [1.54, 1.807) is 0 Å². The minimum atomic E-state index is 0. The van der Waals surface area contributed by atoms with Crippen LogP contribution in [0, 0.1) is 12.8 Å². The fraction of sp³-hybridized carbons (Fsp3) is 0.688. The largest absolute Gasteiger partial charge is 0.379 e. The monoisotopic (exact) mass is 448 g/mol. The summed E-state index contributed by atoms with van der Waals surface area (Å²) in [6.45, 7) is 9.23. The van der Waals surface area contributed by atoms with Crippen LogP contribution in [0.15, 0.2) is 17.6 Å². The summed E-state index contributed by atoms with van der Waals surface area (Å²) < 4.78 is 7.65. The highest BCUT2D eigenvalue weighted by Crippen LogP contribution is 2.28. The average molecular weight is 448 g/mol. The minimum absolute atomic E-state index is 0. The van der Waals surface area contributed by atoms with Gasteiger partial charge < -0.3 is 19.5 Å². The number of aliphatic imine (C=N–C) groups is 1. The van der Waals surface area contributed by atoms with Crippen molar-refractivity contribution >= 4 is 29.9 Å². The number of aromatic nitrogens is 3. The lowest BCUT2D eigenvalue weighted by atomic mass is 10.5. The van der Waals surface area contributed by atoms with Gasteiger partial charge in [-0.3, -0.25) is 0 Å². The number of hydrogen-bond acceptors (Lipinski definition) is 4. The first-order valence-corrected chi connectivity index (χ1v) is 8.14. The molecule has 0 spiro atoms. The number of ether oxygens (including phenoxy) is 1. The van der Waals surface area contributed by atoms with Crippen LogP contribution in [0.3, 0.4) is 0 Å². The zero-order chi connectivity index (χ0) is 16.7. The van der Waals surface area contributed by atoms with Gasteiger partial charge in [-0.25, -0.2) is 4.99 Å². The molecule has 1 heterocycles. The molecule has 0 saturated heterocycles. The summed E-state index contributed by atoms with van der Waals surface area (Å²) in [5.41, 5.74) is 0. The van der Waals surface area contributed by atoms with E-state index in [2.05, 4.69) is 32.0 Å². The van der Waals surface area contributed by atoms with E-state index in [0.29, 0.717) is 19.7 Å². The van der Waals surface area contributed by atoms with Crippen molar-refractivity contribution < 1.29 is 4.74 Å². The second kappa shape index (κ2) is 10.7. The Balaban J connectivity index is 0.00000288. The van der Waals surface area contributed by atoms with Crippen LogP contribution < -0.4 is 5.32 Å². The van der Waals surface area contributed by atoms with Crippen LogP contribution in [0.25, 0.3) is 0 Å². The molecule has 1 saturated carbocycles. The molecule has 136 valence electrons. The van der Waals surface area contributed by atoms with Gasteiger partial charge in [0.15, 0.2) is 11.8 Å². The molecular weight excluding hydrogens is 419 g/mol. The Kier molecular flexibility index (Phi) is 9.27. The maximum Gasteiger partial charge on any atom is 0.194 e. The van der Waals surface area contributed by atoms with E-state index in [9.17, 15) is 0 Å². The molecule has 2 rings (SSSR count). The number of hydrogen-bond donors (Lipinski definition) is 1. The van der Waals surface area contributed by atoms with Gasteiger partial charge in [0.2, 0.25) is 0 Å². The Morgan fingerprint density at radius 1 is 1.50 bits per heavy atom. The molecule has 24 heavy (non-hydrogen) atoms. The maximum atomic E-state index is 5.70. The predicted molar refractivity (Wildman–Crippen MR) is 107 cm³/mol. The van der Waals surface area contributed by atoms with Crippen molar-refractivity contribution in [1.82, 2.24) is 25.0 Å². The minimum Gasteiger partial charge on any atom is -0.379 e. The van der Waals surface area contributed by atoms with Crippen LogP contribution in [-0.4, -0.2) is 59.0 Å². The molecule has 1 N–H and O–H groups in total. The van der Waals surface area contributed by atoms with E-state index >= 15 is 0 Å². The fourth-order valence-corrected chi connectivity index (χ4v) is 2.05. The van der Waals surface area contributed by atoms with Crippen LogP contribution in [0.4, 0.5) is 0 Å². The second-order valence-corrected chi connectivity index (χ2v) is 5.97. The van der Waals surface area contributed by atoms with Gasteiger partial charge in [-0.1, -0.05) is 6.08 Å². The van der Waals surface area contributed by atoms with Gasteiger partial charge in [0.25, 0.3) is 0 Å². The molecule has 8 heteroatoms. The van der Waals surface area contributed by atoms with Gasteiger partial charge in [0, 0.05) is 33.8 Å². The molecule has 0 radical (unpaired) electrons. The molecule has 1 aromatic rings. The summed E-state index contributed by atoms with van der Waals surface area (Å²) in [6, 6.07) is 0. The lowest BCUT2D eigenvalue weighted by Crippen LogP contribution is -2.40. The van der Waals surface area contributed by atoms with Crippen LogP contribution in [0.1, 0.15) is 24.5 Å². The number of aryl methyl sites for hydroxylation is 1. The van der Waals surface area contributed by atoms with E-state index in [4.69, 9.17) is 4.74 Å². The fourth-order valence-electron chi connectivity index (χ4n) is 2.05. The highest BCUT2D eigenvalue weighted by atomic mass is 127. The molecule has 0 aromatic carbocycles. The second-order valence-electron chi connectivity index (χ2n) is 5.97. The molecule has 0 aliphatic heterocycles. The van der Waals surface area contributed by atoms with E-state index in [1.165, 1.54) is 12.8 Å². The number of rotatable bonds is 9. The third kappa shape index (κ3) is 6.76. The molecule has 1 aliphatic rings. The highest BCUT2D eigenvalue weighted by molar-refractivity contribution is 14.0. The van der Waals surface area contributed by atoms with Crippen molar-refractivity contribution in [3.63, 3.8) is 0 Å². The Morgan fingerprint density at radius 3 is 2.83 bits per heavy atom. The first kappa shape index (κ1) is 20.9. The predicted octanol–water partition coefficient (Wildman–Crippen LogP) is 1.73. The van der Waals surface area contributed by atoms with Crippen molar-refractivity contribution in [3.8, 4) is 0 Å². The number of halogens is 1. The normalized spacial score (nSPS) is 14.2. The maximum absolute atomic E-state index is 5.70. The molecule has 1 aromatic heterocycles. The third-order valence-electron chi connectivity index (χ3n) is 3.94. The van der Waals surface area contributed by atoms with E-state index in [1.807, 2.05) is 31.7 Å². The van der Waals surface area contributed by atoms with Gasteiger partial charge in [-0.2, -0.15) is 0 Å². The van der Waals surface area contributed by atoms with E-state index in [0.717, 1.165) is 36.7 Å². The SMILES string of the molecule is C=CCNC(=NCc1nnc(C)n1C)N(C)CCOCC1CC1.I. The molecule has 0 atom stereocenters. The number of nitrogens with zero attached hydrogens (tertiary/aromatic N) is 5. The summed E-state index contributed by atoms with van der Waals surface area (Å²) in [5, 5.41) is 11.5. The standard InChI is InChI=1S/C16H28N6O.HI/c1-5-8-17-16(18-11-15-20-19-13(2)22(15)4)21(3)9-10-23-12-14-6-7-14;/h5,14H,1,6-12H2,2-4H3,(H,17,18);1H. The Morgan fingerprint density at radius 2 is 2.25 bits per heavy atom.